The van der Waals surface area contributed by atoms with Crippen LogP contribution in [0.1, 0.15) is 23.8 Å². The molecule has 114 valence electrons. The number of carbonyl (C=O) groups is 2. The summed E-state index contributed by atoms with van der Waals surface area (Å²) in [6.07, 6.45) is 0.749. The summed E-state index contributed by atoms with van der Waals surface area (Å²) in [4.78, 5) is 31.8. The van der Waals surface area contributed by atoms with E-state index in [0.29, 0.717) is 30.5 Å². The van der Waals surface area contributed by atoms with Crippen LogP contribution in [0.5, 0.6) is 0 Å². The Morgan fingerprint density at radius 1 is 1.43 bits per heavy atom. The Morgan fingerprint density at radius 3 is 2.90 bits per heavy atom. The Kier molecular flexibility index (Phi) is 5.01. The van der Waals surface area contributed by atoms with Crippen molar-refractivity contribution in [3.63, 3.8) is 0 Å². The van der Waals surface area contributed by atoms with Crippen LogP contribution in [0.4, 0.5) is 5.82 Å². The first kappa shape index (κ1) is 15.6. The lowest BCUT2D eigenvalue weighted by atomic mass is 10.3. The normalized spacial score (nSPS) is 15.9. The standard InChI is InChI=1S/C14H19ClN4O2/c1-3-16-11-6-5-10(15)13(17-11)14(21)19-8-4-7-18(2)12(20)9-19/h5-6H,3-4,7-9H2,1-2H3,(H,16,17). The maximum absolute atomic E-state index is 12.6. The minimum atomic E-state index is -0.302. The minimum absolute atomic E-state index is 0.0682. The second-order valence-corrected chi connectivity index (χ2v) is 5.36. The molecule has 7 heteroatoms. The predicted octanol–water partition coefficient (Wildman–Crippen LogP) is 1.47. The van der Waals surface area contributed by atoms with E-state index in [1.807, 2.05) is 6.92 Å². The van der Waals surface area contributed by atoms with Crippen molar-refractivity contribution in [3.05, 3.63) is 22.8 Å². The number of halogens is 1. The van der Waals surface area contributed by atoms with Gasteiger partial charge in [-0.1, -0.05) is 11.6 Å². The van der Waals surface area contributed by atoms with E-state index in [4.69, 9.17) is 11.6 Å². The maximum atomic E-state index is 12.6. The van der Waals surface area contributed by atoms with Gasteiger partial charge in [0.2, 0.25) is 5.91 Å². The number of rotatable bonds is 3. The molecule has 21 heavy (non-hydrogen) atoms. The molecule has 0 saturated carbocycles. The zero-order chi connectivity index (χ0) is 15.4. The molecule has 0 atom stereocenters. The van der Waals surface area contributed by atoms with Crippen molar-refractivity contribution in [1.29, 1.82) is 0 Å². The highest BCUT2D eigenvalue weighted by Gasteiger charge is 2.26. The summed E-state index contributed by atoms with van der Waals surface area (Å²) >= 11 is 6.08. The van der Waals surface area contributed by atoms with E-state index >= 15 is 0 Å². The number of carbonyl (C=O) groups excluding carboxylic acids is 2. The highest BCUT2D eigenvalue weighted by molar-refractivity contribution is 6.33. The molecule has 0 unspecified atom stereocenters. The van der Waals surface area contributed by atoms with Gasteiger partial charge >= 0.3 is 0 Å². The van der Waals surface area contributed by atoms with Crippen molar-refractivity contribution in [1.82, 2.24) is 14.8 Å². The number of hydrogen-bond donors (Lipinski definition) is 1. The van der Waals surface area contributed by atoms with Gasteiger partial charge in [-0.2, -0.15) is 0 Å². The number of amides is 2. The third-order valence-corrected chi connectivity index (χ3v) is 3.67. The topological polar surface area (TPSA) is 65.5 Å². The van der Waals surface area contributed by atoms with E-state index in [2.05, 4.69) is 10.3 Å². The molecule has 1 fully saturated rings. The van der Waals surface area contributed by atoms with Crippen LogP contribution in [-0.4, -0.2) is 59.8 Å². The number of nitrogens with zero attached hydrogens (tertiary/aromatic N) is 3. The van der Waals surface area contributed by atoms with Crippen LogP contribution >= 0.6 is 11.6 Å². The molecular formula is C14H19ClN4O2. The summed E-state index contributed by atoms with van der Waals surface area (Å²) in [5.74, 6) is 0.228. The Labute approximate surface area is 129 Å². The third kappa shape index (κ3) is 3.64. The molecule has 0 spiro atoms. The summed E-state index contributed by atoms with van der Waals surface area (Å²) in [5.41, 5.74) is 0.187. The zero-order valence-corrected chi connectivity index (χ0v) is 13.0. The number of aromatic nitrogens is 1. The molecule has 0 aromatic carbocycles. The van der Waals surface area contributed by atoms with Crippen LogP contribution in [0.25, 0.3) is 0 Å². The number of hydrogen-bond acceptors (Lipinski definition) is 4. The molecule has 1 N–H and O–H groups in total. The number of nitrogens with one attached hydrogen (secondary N) is 1. The Bertz CT molecular complexity index is 550. The van der Waals surface area contributed by atoms with Crippen molar-refractivity contribution in [2.45, 2.75) is 13.3 Å². The summed E-state index contributed by atoms with van der Waals surface area (Å²) < 4.78 is 0. The monoisotopic (exact) mass is 310 g/mol. The Hall–Kier alpha value is -1.82. The zero-order valence-electron chi connectivity index (χ0n) is 12.2. The molecule has 6 nitrogen and oxygen atoms in total. The van der Waals surface area contributed by atoms with Gasteiger partial charge in [0.15, 0.2) is 0 Å². The summed E-state index contributed by atoms with van der Waals surface area (Å²) in [6, 6.07) is 3.37. The highest BCUT2D eigenvalue weighted by atomic mass is 35.5. The molecule has 1 aromatic rings. The van der Waals surface area contributed by atoms with Gasteiger partial charge in [0.05, 0.1) is 5.02 Å². The van der Waals surface area contributed by atoms with Gasteiger partial charge in [0, 0.05) is 26.7 Å². The van der Waals surface area contributed by atoms with Gasteiger partial charge in [0.1, 0.15) is 18.1 Å². The van der Waals surface area contributed by atoms with Crippen LogP contribution in [0, 0.1) is 0 Å². The lowest BCUT2D eigenvalue weighted by Gasteiger charge is -2.20. The lowest BCUT2D eigenvalue weighted by Crippen LogP contribution is -2.38. The van der Waals surface area contributed by atoms with Crippen LogP contribution in [0.3, 0.4) is 0 Å². The molecule has 0 radical (unpaired) electrons. The van der Waals surface area contributed by atoms with Crippen LogP contribution in [0.2, 0.25) is 5.02 Å². The van der Waals surface area contributed by atoms with Gasteiger partial charge in [0.25, 0.3) is 5.91 Å². The molecular weight excluding hydrogens is 292 g/mol. The van der Waals surface area contributed by atoms with Gasteiger partial charge in [-0.3, -0.25) is 9.59 Å². The van der Waals surface area contributed by atoms with E-state index in [9.17, 15) is 9.59 Å². The van der Waals surface area contributed by atoms with Gasteiger partial charge < -0.3 is 15.1 Å². The molecule has 1 aliphatic heterocycles. The molecule has 1 saturated heterocycles. The number of anilines is 1. The minimum Gasteiger partial charge on any atom is -0.370 e. The quantitative estimate of drug-likeness (QED) is 0.918. The van der Waals surface area contributed by atoms with E-state index in [0.717, 1.165) is 6.42 Å². The molecule has 2 amide bonds. The highest BCUT2D eigenvalue weighted by Crippen LogP contribution is 2.19. The average Bonchev–Trinajstić information content (AvgIpc) is 2.63. The second-order valence-electron chi connectivity index (χ2n) is 4.95. The summed E-state index contributed by atoms with van der Waals surface area (Å²) in [6.45, 7) is 3.90. The van der Waals surface area contributed by atoms with Gasteiger partial charge in [-0.05, 0) is 25.5 Å². The first-order valence-corrected chi connectivity index (χ1v) is 7.34. The van der Waals surface area contributed by atoms with Crippen molar-refractivity contribution in [2.24, 2.45) is 0 Å². The molecule has 2 heterocycles. The molecule has 1 aliphatic rings. The first-order chi connectivity index (χ1) is 10.0. The fourth-order valence-electron chi connectivity index (χ4n) is 2.18. The van der Waals surface area contributed by atoms with E-state index in [-0.39, 0.29) is 24.1 Å². The number of pyridine rings is 1. The van der Waals surface area contributed by atoms with Crippen molar-refractivity contribution < 1.29 is 9.59 Å². The van der Waals surface area contributed by atoms with Crippen LogP contribution < -0.4 is 5.32 Å². The largest absolute Gasteiger partial charge is 0.370 e. The molecule has 0 aliphatic carbocycles. The average molecular weight is 311 g/mol. The van der Waals surface area contributed by atoms with Gasteiger partial charge in [-0.25, -0.2) is 4.98 Å². The Morgan fingerprint density at radius 2 is 2.19 bits per heavy atom. The summed E-state index contributed by atoms with van der Waals surface area (Å²) in [5, 5.41) is 3.34. The number of likely N-dealkylation sites (N-methyl/N-ethyl adjacent to an activating group) is 1. The van der Waals surface area contributed by atoms with E-state index in [1.165, 1.54) is 4.90 Å². The second kappa shape index (κ2) is 6.76. The third-order valence-electron chi connectivity index (χ3n) is 3.37. The maximum Gasteiger partial charge on any atom is 0.274 e. The van der Waals surface area contributed by atoms with Crippen molar-refractivity contribution >= 4 is 29.2 Å². The molecule has 0 bridgehead atoms. The van der Waals surface area contributed by atoms with E-state index in [1.54, 1.807) is 24.1 Å². The van der Waals surface area contributed by atoms with E-state index < -0.39 is 0 Å². The Balaban J connectivity index is 2.22. The summed E-state index contributed by atoms with van der Waals surface area (Å²) in [7, 11) is 1.74. The smallest absolute Gasteiger partial charge is 0.274 e. The van der Waals surface area contributed by atoms with Gasteiger partial charge in [-0.15, -0.1) is 0 Å². The fourth-order valence-corrected chi connectivity index (χ4v) is 2.37. The lowest BCUT2D eigenvalue weighted by molar-refractivity contribution is -0.129. The first-order valence-electron chi connectivity index (χ1n) is 6.96. The van der Waals surface area contributed by atoms with Crippen molar-refractivity contribution in [3.8, 4) is 0 Å². The molecule has 2 rings (SSSR count). The predicted molar refractivity (Wildman–Crippen MR) is 81.6 cm³/mol. The van der Waals surface area contributed by atoms with Crippen LogP contribution in [0.15, 0.2) is 12.1 Å². The SMILES string of the molecule is CCNc1ccc(Cl)c(C(=O)N2CCCN(C)C(=O)C2)n1. The van der Waals surface area contributed by atoms with Crippen molar-refractivity contribution in [2.75, 3.05) is 38.5 Å². The van der Waals surface area contributed by atoms with Crippen LogP contribution in [-0.2, 0) is 4.79 Å². The molecule has 1 aromatic heterocycles. The fraction of sp³-hybridized carbons (Fsp3) is 0.500.